The van der Waals surface area contributed by atoms with E-state index in [9.17, 15) is 9.90 Å². The molecule has 35 heavy (non-hydrogen) atoms. The summed E-state index contributed by atoms with van der Waals surface area (Å²) in [6.07, 6.45) is 2.76. The summed E-state index contributed by atoms with van der Waals surface area (Å²) in [6.45, 7) is 13.9. The fourth-order valence-corrected chi connectivity index (χ4v) is 3.93. The maximum absolute atomic E-state index is 11.1. The number of nitrogens with one attached hydrogen (secondary N) is 1. The number of carbonyl (C=O) groups is 1. The lowest BCUT2D eigenvalue weighted by Gasteiger charge is -2.28. The van der Waals surface area contributed by atoms with Crippen LogP contribution in [0.1, 0.15) is 73.3 Å². The maximum Gasteiger partial charge on any atom is 0.335 e. The Hall–Kier alpha value is -3.37. The number of hydrogen-bond donors (Lipinski definition) is 3. The zero-order valence-electron chi connectivity index (χ0n) is 21.6. The summed E-state index contributed by atoms with van der Waals surface area (Å²) in [7, 11) is 0. The molecule has 184 valence electrons. The molecule has 0 heterocycles. The standard InChI is InChI=1S/C31H37NO3/c1-20(2)19-32-29-26(23-12-7-21(3)8-13-23)17-25(18-27(29)31(4,5)6)28(33)16-11-22-9-14-24(15-10-22)30(34)35/h7-18,20,28,32-33H,19H2,1-6H3,(H,34,35). The lowest BCUT2D eigenvalue weighted by atomic mass is 9.81. The van der Waals surface area contributed by atoms with Crippen molar-refractivity contribution in [3.05, 3.63) is 94.6 Å². The second kappa shape index (κ2) is 10.9. The quantitative estimate of drug-likeness (QED) is 0.319. The molecule has 0 bridgehead atoms. The van der Waals surface area contributed by atoms with Gasteiger partial charge in [-0.25, -0.2) is 4.79 Å². The maximum atomic E-state index is 11.1. The van der Waals surface area contributed by atoms with Gasteiger partial charge in [0.15, 0.2) is 0 Å². The van der Waals surface area contributed by atoms with Crippen molar-refractivity contribution in [1.82, 2.24) is 0 Å². The number of benzene rings is 3. The first-order valence-corrected chi connectivity index (χ1v) is 12.1. The highest BCUT2D eigenvalue weighted by atomic mass is 16.4. The average molecular weight is 472 g/mol. The fraction of sp³-hybridized carbons (Fsp3) is 0.323. The van der Waals surface area contributed by atoms with Gasteiger partial charge in [-0.05, 0) is 58.7 Å². The average Bonchev–Trinajstić information content (AvgIpc) is 2.80. The third kappa shape index (κ3) is 6.83. The number of aliphatic hydroxyl groups excluding tert-OH is 1. The number of carboxylic acid groups (broad SMARTS) is 1. The third-order valence-corrected chi connectivity index (χ3v) is 5.99. The molecule has 0 aliphatic heterocycles. The minimum absolute atomic E-state index is 0.134. The van der Waals surface area contributed by atoms with Gasteiger partial charge >= 0.3 is 5.97 Å². The molecule has 4 heteroatoms. The minimum atomic E-state index is -0.954. The Morgan fingerprint density at radius 2 is 1.63 bits per heavy atom. The lowest BCUT2D eigenvalue weighted by molar-refractivity contribution is 0.0697. The molecule has 3 rings (SSSR count). The van der Waals surface area contributed by atoms with Crippen LogP contribution in [0.15, 0.2) is 66.7 Å². The molecule has 3 aromatic rings. The van der Waals surface area contributed by atoms with Gasteiger partial charge in [0.25, 0.3) is 0 Å². The van der Waals surface area contributed by atoms with E-state index in [0.29, 0.717) is 5.92 Å². The first kappa shape index (κ1) is 26.2. The fourth-order valence-electron chi connectivity index (χ4n) is 3.93. The number of carboxylic acids is 1. The molecule has 0 aliphatic rings. The van der Waals surface area contributed by atoms with Crippen LogP contribution in [0.2, 0.25) is 0 Å². The highest BCUT2D eigenvalue weighted by Gasteiger charge is 2.23. The van der Waals surface area contributed by atoms with E-state index in [1.807, 2.05) is 6.08 Å². The Labute approximate surface area is 209 Å². The van der Waals surface area contributed by atoms with E-state index in [0.717, 1.165) is 40.0 Å². The summed E-state index contributed by atoms with van der Waals surface area (Å²) >= 11 is 0. The molecular formula is C31H37NO3. The van der Waals surface area contributed by atoms with E-state index < -0.39 is 12.1 Å². The van der Waals surface area contributed by atoms with Crippen LogP contribution in [0.3, 0.4) is 0 Å². The highest BCUT2D eigenvalue weighted by molar-refractivity contribution is 5.87. The van der Waals surface area contributed by atoms with Crippen molar-refractivity contribution in [3.8, 4) is 11.1 Å². The van der Waals surface area contributed by atoms with Crippen LogP contribution < -0.4 is 5.32 Å². The molecule has 3 N–H and O–H groups in total. The second-order valence-electron chi connectivity index (χ2n) is 10.6. The number of aryl methyl sites for hydroxylation is 1. The number of hydrogen-bond acceptors (Lipinski definition) is 3. The van der Waals surface area contributed by atoms with Gasteiger partial charge in [0.2, 0.25) is 0 Å². The van der Waals surface area contributed by atoms with Gasteiger partial charge in [0.05, 0.1) is 11.7 Å². The Balaban J connectivity index is 2.07. The number of anilines is 1. The van der Waals surface area contributed by atoms with Gasteiger partial charge < -0.3 is 15.5 Å². The predicted octanol–water partition coefficient (Wildman–Crippen LogP) is 7.47. The SMILES string of the molecule is Cc1ccc(-c2cc(C(O)C=Cc3ccc(C(=O)O)cc3)cc(C(C)(C)C)c2NCC(C)C)cc1. The zero-order valence-corrected chi connectivity index (χ0v) is 21.6. The molecule has 1 unspecified atom stereocenters. The van der Waals surface area contributed by atoms with Crippen LogP contribution >= 0.6 is 0 Å². The molecule has 0 radical (unpaired) electrons. The van der Waals surface area contributed by atoms with Crippen molar-refractivity contribution in [2.24, 2.45) is 5.92 Å². The Morgan fingerprint density at radius 3 is 2.17 bits per heavy atom. The number of aliphatic hydroxyl groups is 1. The van der Waals surface area contributed by atoms with E-state index in [-0.39, 0.29) is 11.0 Å². The van der Waals surface area contributed by atoms with Crippen molar-refractivity contribution >= 4 is 17.7 Å². The van der Waals surface area contributed by atoms with Gasteiger partial charge in [-0.2, -0.15) is 0 Å². The normalized spacial score (nSPS) is 12.8. The van der Waals surface area contributed by atoms with Crippen LogP contribution in [0, 0.1) is 12.8 Å². The summed E-state index contributed by atoms with van der Waals surface area (Å²) in [6, 6.07) is 19.3. The Morgan fingerprint density at radius 1 is 1.00 bits per heavy atom. The van der Waals surface area contributed by atoms with Crippen molar-refractivity contribution in [2.75, 3.05) is 11.9 Å². The molecule has 0 saturated carbocycles. The first-order chi connectivity index (χ1) is 16.5. The van der Waals surface area contributed by atoms with Gasteiger partial charge in [-0.3, -0.25) is 0 Å². The molecule has 1 atom stereocenters. The summed E-state index contributed by atoms with van der Waals surface area (Å²) in [5.74, 6) is -0.459. The van der Waals surface area contributed by atoms with E-state index >= 15 is 0 Å². The van der Waals surface area contributed by atoms with Crippen molar-refractivity contribution in [3.63, 3.8) is 0 Å². The van der Waals surface area contributed by atoms with E-state index in [2.05, 4.69) is 83.3 Å². The molecule has 0 aromatic heterocycles. The topological polar surface area (TPSA) is 69.6 Å². The van der Waals surface area contributed by atoms with Crippen LogP contribution in [0.4, 0.5) is 5.69 Å². The Bertz CT molecular complexity index is 1180. The molecule has 4 nitrogen and oxygen atoms in total. The molecular weight excluding hydrogens is 434 g/mol. The number of rotatable bonds is 8. The molecule has 0 amide bonds. The van der Waals surface area contributed by atoms with Crippen molar-refractivity contribution in [2.45, 2.75) is 53.1 Å². The van der Waals surface area contributed by atoms with Gasteiger partial charge in [-0.1, -0.05) is 94.8 Å². The largest absolute Gasteiger partial charge is 0.478 e. The molecule has 3 aromatic carbocycles. The van der Waals surface area contributed by atoms with E-state index in [1.165, 1.54) is 5.56 Å². The van der Waals surface area contributed by atoms with E-state index in [1.54, 1.807) is 30.3 Å². The minimum Gasteiger partial charge on any atom is -0.478 e. The zero-order chi connectivity index (χ0) is 25.8. The van der Waals surface area contributed by atoms with Crippen LogP contribution in [0.5, 0.6) is 0 Å². The second-order valence-corrected chi connectivity index (χ2v) is 10.6. The summed E-state index contributed by atoms with van der Waals surface area (Å²) in [5, 5.41) is 23.9. The van der Waals surface area contributed by atoms with Crippen molar-refractivity contribution in [1.29, 1.82) is 0 Å². The highest BCUT2D eigenvalue weighted by Crippen LogP contribution is 2.40. The van der Waals surface area contributed by atoms with Crippen LogP contribution in [-0.4, -0.2) is 22.7 Å². The lowest BCUT2D eigenvalue weighted by Crippen LogP contribution is -2.19. The summed E-state index contributed by atoms with van der Waals surface area (Å²) < 4.78 is 0. The van der Waals surface area contributed by atoms with Crippen LogP contribution in [-0.2, 0) is 5.41 Å². The van der Waals surface area contributed by atoms with E-state index in [4.69, 9.17) is 5.11 Å². The molecule has 0 aliphatic carbocycles. The van der Waals surface area contributed by atoms with Crippen molar-refractivity contribution < 1.29 is 15.0 Å². The van der Waals surface area contributed by atoms with Crippen LogP contribution in [0.25, 0.3) is 17.2 Å². The van der Waals surface area contributed by atoms with Gasteiger partial charge in [0.1, 0.15) is 0 Å². The molecule has 0 fully saturated rings. The Kier molecular flexibility index (Phi) is 8.18. The first-order valence-electron chi connectivity index (χ1n) is 12.1. The third-order valence-electron chi connectivity index (χ3n) is 5.99. The number of aromatic carboxylic acids is 1. The smallest absolute Gasteiger partial charge is 0.335 e. The predicted molar refractivity (Wildman–Crippen MR) is 146 cm³/mol. The monoisotopic (exact) mass is 471 g/mol. The van der Waals surface area contributed by atoms with Gasteiger partial charge in [-0.15, -0.1) is 0 Å². The molecule has 0 saturated heterocycles. The van der Waals surface area contributed by atoms with Gasteiger partial charge in [0, 0.05) is 17.8 Å². The summed E-state index contributed by atoms with van der Waals surface area (Å²) in [5.41, 5.74) is 7.41. The molecule has 0 spiro atoms. The summed E-state index contributed by atoms with van der Waals surface area (Å²) in [4.78, 5) is 11.1.